The van der Waals surface area contributed by atoms with Crippen molar-refractivity contribution in [1.82, 2.24) is 14.8 Å². The third kappa shape index (κ3) is 6.10. The molecule has 1 fully saturated rings. The van der Waals surface area contributed by atoms with Crippen molar-refractivity contribution < 1.29 is 19.1 Å². The minimum absolute atomic E-state index is 0.229. The van der Waals surface area contributed by atoms with Crippen LogP contribution in [0.5, 0.6) is 5.75 Å². The summed E-state index contributed by atoms with van der Waals surface area (Å²) in [4.78, 5) is 32.8. The lowest BCUT2D eigenvalue weighted by molar-refractivity contribution is 0.00539. The Morgan fingerprint density at radius 3 is 2.57 bits per heavy atom. The molecule has 0 bridgehead atoms. The van der Waals surface area contributed by atoms with Crippen LogP contribution in [0.1, 0.15) is 20.8 Å². The van der Waals surface area contributed by atoms with Crippen molar-refractivity contribution in [2.24, 2.45) is 0 Å². The van der Waals surface area contributed by atoms with E-state index in [-0.39, 0.29) is 18.7 Å². The van der Waals surface area contributed by atoms with E-state index in [0.29, 0.717) is 31.1 Å². The standard InChI is InChI=1S/C22H28N4O4/c1-22(2,3)30-21(28)25-12-13-26(20(27)24-17-8-5-4-6-9-17)18(15-25)16-29-19-10-7-11-23-14-19/h4-11,14,18H,12-13,15-16H2,1-3H3,(H,24,27). The molecule has 3 amide bonds. The molecule has 0 saturated carbocycles. The van der Waals surface area contributed by atoms with Gasteiger partial charge in [-0.2, -0.15) is 0 Å². The molecule has 1 saturated heterocycles. The highest BCUT2D eigenvalue weighted by atomic mass is 16.6. The average Bonchev–Trinajstić information content (AvgIpc) is 2.72. The number of hydrogen-bond acceptors (Lipinski definition) is 5. The van der Waals surface area contributed by atoms with E-state index >= 15 is 0 Å². The summed E-state index contributed by atoms with van der Waals surface area (Å²) in [6.45, 7) is 6.80. The third-order valence-corrected chi connectivity index (χ3v) is 4.50. The summed E-state index contributed by atoms with van der Waals surface area (Å²) in [5.41, 5.74) is 0.129. The number of aromatic nitrogens is 1. The van der Waals surface area contributed by atoms with Crippen molar-refractivity contribution in [1.29, 1.82) is 0 Å². The van der Waals surface area contributed by atoms with Gasteiger partial charge in [-0.1, -0.05) is 18.2 Å². The Labute approximate surface area is 176 Å². The Hall–Kier alpha value is -3.29. The quantitative estimate of drug-likeness (QED) is 0.829. The predicted molar refractivity (Wildman–Crippen MR) is 113 cm³/mol. The number of amides is 3. The number of urea groups is 1. The van der Waals surface area contributed by atoms with E-state index in [0.717, 1.165) is 0 Å². The molecule has 1 aliphatic heterocycles. The molecular weight excluding hydrogens is 384 g/mol. The van der Waals surface area contributed by atoms with Crippen LogP contribution in [-0.2, 0) is 4.74 Å². The molecule has 1 aliphatic rings. The topological polar surface area (TPSA) is 84.0 Å². The highest BCUT2D eigenvalue weighted by Gasteiger charge is 2.35. The van der Waals surface area contributed by atoms with Gasteiger partial charge in [0, 0.05) is 31.5 Å². The molecule has 2 heterocycles. The molecule has 8 heteroatoms. The summed E-state index contributed by atoms with van der Waals surface area (Å²) >= 11 is 0. The number of piperazine rings is 1. The first-order chi connectivity index (χ1) is 14.3. The Morgan fingerprint density at radius 2 is 1.90 bits per heavy atom. The lowest BCUT2D eigenvalue weighted by atomic mass is 10.2. The van der Waals surface area contributed by atoms with Gasteiger partial charge in [-0.25, -0.2) is 9.59 Å². The van der Waals surface area contributed by atoms with Gasteiger partial charge in [0.25, 0.3) is 0 Å². The number of para-hydroxylation sites is 1. The summed E-state index contributed by atoms with van der Waals surface area (Å²) in [6.07, 6.45) is 2.89. The molecular formula is C22H28N4O4. The van der Waals surface area contributed by atoms with E-state index in [1.807, 2.05) is 51.1 Å². The zero-order valence-corrected chi connectivity index (χ0v) is 17.6. The summed E-state index contributed by atoms with van der Waals surface area (Å²) in [5.74, 6) is 0.607. The number of carbonyl (C=O) groups is 2. The second-order valence-electron chi connectivity index (χ2n) is 8.07. The summed E-state index contributed by atoms with van der Waals surface area (Å²) in [7, 11) is 0. The molecule has 1 aromatic carbocycles. The summed E-state index contributed by atoms with van der Waals surface area (Å²) < 4.78 is 11.3. The number of pyridine rings is 1. The fourth-order valence-electron chi connectivity index (χ4n) is 3.10. The van der Waals surface area contributed by atoms with Crippen LogP contribution in [0.15, 0.2) is 54.9 Å². The third-order valence-electron chi connectivity index (χ3n) is 4.50. The maximum absolute atomic E-state index is 12.9. The normalized spacial score (nSPS) is 16.7. The van der Waals surface area contributed by atoms with Gasteiger partial charge in [-0.15, -0.1) is 0 Å². The van der Waals surface area contributed by atoms with Crippen LogP contribution in [0.2, 0.25) is 0 Å². The van der Waals surface area contributed by atoms with Gasteiger partial charge in [0.1, 0.15) is 18.0 Å². The fourth-order valence-corrected chi connectivity index (χ4v) is 3.10. The zero-order valence-electron chi connectivity index (χ0n) is 17.6. The van der Waals surface area contributed by atoms with Gasteiger partial charge in [-0.05, 0) is 45.0 Å². The molecule has 160 valence electrons. The number of rotatable bonds is 4. The first-order valence-electron chi connectivity index (χ1n) is 9.95. The van der Waals surface area contributed by atoms with Crippen LogP contribution in [0.25, 0.3) is 0 Å². The molecule has 3 rings (SSSR count). The smallest absolute Gasteiger partial charge is 0.410 e. The number of anilines is 1. The predicted octanol–water partition coefficient (Wildman–Crippen LogP) is 3.61. The van der Waals surface area contributed by atoms with Crippen molar-refractivity contribution >= 4 is 17.8 Å². The van der Waals surface area contributed by atoms with E-state index in [4.69, 9.17) is 9.47 Å². The molecule has 30 heavy (non-hydrogen) atoms. The number of ether oxygens (including phenoxy) is 2. The Bertz CT molecular complexity index is 839. The lowest BCUT2D eigenvalue weighted by Crippen LogP contribution is -2.59. The molecule has 1 aromatic heterocycles. The van der Waals surface area contributed by atoms with Crippen LogP contribution < -0.4 is 10.1 Å². The number of hydrogen-bond donors (Lipinski definition) is 1. The SMILES string of the molecule is CC(C)(C)OC(=O)N1CCN(C(=O)Nc2ccccc2)C(COc2cccnc2)C1. The monoisotopic (exact) mass is 412 g/mol. The molecule has 0 aliphatic carbocycles. The highest BCUT2D eigenvalue weighted by molar-refractivity contribution is 5.89. The second-order valence-corrected chi connectivity index (χ2v) is 8.07. The van der Waals surface area contributed by atoms with Crippen molar-refractivity contribution in [3.63, 3.8) is 0 Å². The van der Waals surface area contributed by atoms with E-state index in [2.05, 4.69) is 10.3 Å². The molecule has 8 nitrogen and oxygen atoms in total. The first-order valence-corrected chi connectivity index (χ1v) is 9.95. The largest absolute Gasteiger partial charge is 0.490 e. The molecule has 0 radical (unpaired) electrons. The van der Waals surface area contributed by atoms with Gasteiger partial charge in [0.2, 0.25) is 0 Å². The van der Waals surface area contributed by atoms with Gasteiger partial charge in [0.15, 0.2) is 0 Å². The van der Waals surface area contributed by atoms with Crippen LogP contribution in [0.3, 0.4) is 0 Å². The molecule has 2 aromatic rings. The zero-order chi connectivity index (χ0) is 21.6. The lowest BCUT2D eigenvalue weighted by Gasteiger charge is -2.41. The number of nitrogens with zero attached hydrogens (tertiary/aromatic N) is 3. The van der Waals surface area contributed by atoms with E-state index in [1.165, 1.54) is 0 Å². The molecule has 1 atom stereocenters. The summed E-state index contributed by atoms with van der Waals surface area (Å²) in [6, 6.07) is 12.3. The summed E-state index contributed by atoms with van der Waals surface area (Å²) in [5, 5.41) is 2.91. The minimum Gasteiger partial charge on any atom is -0.490 e. The van der Waals surface area contributed by atoms with Gasteiger partial charge < -0.3 is 24.6 Å². The minimum atomic E-state index is -0.583. The number of benzene rings is 1. The van der Waals surface area contributed by atoms with Crippen LogP contribution in [0.4, 0.5) is 15.3 Å². The maximum Gasteiger partial charge on any atom is 0.410 e. The average molecular weight is 412 g/mol. The maximum atomic E-state index is 12.9. The van der Waals surface area contributed by atoms with Crippen LogP contribution in [0, 0.1) is 0 Å². The Balaban J connectivity index is 1.70. The van der Waals surface area contributed by atoms with Crippen molar-refractivity contribution in [2.75, 3.05) is 31.6 Å². The van der Waals surface area contributed by atoms with Crippen molar-refractivity contribution in [2.45, 2.75) is 32.4 Å². The van der Waals surface area contributed by atoms with Crippen molar-refractivity contribution in [3.05, 3.63) is 54.9 Å². The Kier molecular flexibility index (Phi) is 6.76. The first kappa shape index (κ1) is 21.4. The van der Waals surface area contributed by atoms with Crippen LogP contribution in [-0.4, -0.2) is 64.8 Å². The van der Waals surface area contributed by atoms with Crippen molar-refractivity contribution in [3.8, 4) is 5.75 Å². The van der Waals surface area contributed by atoms with E-state index < -0.39 is 11.7 Å². The Morgan fingerprint density at radius 1 is 1.13 bits per heavy atom. The fraction of sp³-hybridized carbons (Fsp3) is 0.409. The number of nitrogens with one attached hydrogen (secondary N) is 1. The highest BCUT2D eigenvalue weighted by Crippen LogP contribution is 2.18. The van der Waals surface area contributed by atoms with E-state index in [1.54, 1.807) is 34.3 Å². The molecule has 1 unspecified atom stereocenters. The van der Waals surface area contributed by atoms with Crippen LogP contribution >= 0.6 is 0 Å². The number of carbonyl (C=O) groups excluding carboxylic acids is 2. The van der Waals surface area contributed by atoms with Gasteiger partial charge in [0.05, 0.1) is 12.2 Å². The van der Waals surface area contributed by atoms with E-state index in [9.17, 15) is 9.59 Å². The molecule has 1 N–H and O–H groups in total. The van der Waals surface area contributed by atoms with Gasteiger partial charge in [-0.3, -0.25) is 4.98 Å². The molecule has 0 spiro atoms. The second kappa shape index (κ2) is 9.47. The van der Waals surface area contributed by atoms with Gasteiger partial charge >= 0.3 is 12.1 Å².